The Hall–Kier alpha value is -1.39. The molecule has 2 unspecified atom stereocenters. The van der Waals surface area contributed by atoms with Gasteiger partial charge in [0.1, 0.15) is 6.04 Å². The smallest absolute Gasteiger partial charge is 0.245 e. The Kier molecular flexibility index (Phi) is 5.56. The zero-order valence-corrected chi connectivity index (χ0v) is 12.3. The highest BCUT2D eigenvalue weighted by molar-refractivity contribution is 5.85. The average Bonchev–Trinajstić information content (AvgIpc) is 2.75. The molecule has 0 bridgehead atoms. The summed E-state index contributed by atoms with van der Waals surface area (Å²) >= 11 is 0. The zero-order valence-electron chi connectivity index (χ0n) is 12.3. The van der Waals surface area contributed by atoms with E-state index in [9.17, 15) is 4.79 Å². The molecule has 4 heteroatoms. The maximum atomic E-state index is 12.5. The summed E-state index contributed by atoms with van der Waals surface area (Å²) in [5.74, 6) is 0.166. The van der Waals surface area contributed by atoms with Crippen LogP contribution in [0.5, 0.6) is 0 Å². The van der Waals surface area contributed by atoms with Gasteiger partial charge in [0.25, 0.3) is 0 Å². The van der Waals surface area contributed by atoms with Crippen LogP contribution in [-0.2, 0) is 9.53 Å². The molecule has 0 spiro atoms. The van der Waals surface area contributed by atoms with Gasteiger partial charge in [0.15, 0.2) is 0 Å². The predicted octanol–water partition coefficient (Wildman–Crippen LogP) is 2.32. The normalized spacial score (nSPS) is 22.5. The molecule has 1 saturated heterocycles. The SMILES string of the molecule is CCCOCCCN1C(=O)C(c2ccccc2)NC1C. The molecular formula is C16H24N2O2. The van der Waals surface area contributed by atoms with Crippen LogP contribution < -0.4 is 5.32 Å². The van der Waals surface area contributed by atoms with E-state index >= 15 is 0 Å². The number of carbonyl (C=O) groups is 1. The largest absolute Gasteiger partial charge is 0.381 e. The first-order chi connectivity index (χ1) is 9.74. The summed E-state index contributed by atoms with van der Waals surface area (Å²) in [7, 11) is 0. The summed E-state index contributed by atoms with van der Waals surface area (Å²) in [4.78, 5) is 14.4. The molecule has 0 radical (unpaired) electrons. The van der Waals surface area contributed by atoms with E-state index in [1.807, 2.05) is 42.2 Å². The lowest BCUT2D eigenvalue weighted by atomic mass is 10.1. The number of rotatable bonds is 7. The Morgan fingerprint density at radius 2 is 2.00 bits per heavy atom. The molecule has 1 N–H and O–H groups in total. The van der Waals surface area contributed by atoms with E-state index in [2.05, 4.69) is 12.2 Å². The van der Waals surface area contributed by atoms with Crippen molar-refractivity contribution in [2.45, 2.75) is 38.9 Å². The molecule has 1 amide bonds. The van der Waals surface area contributed by atoms with Gasteiger partial charge >= 0.3 is 0 Å². The van der Waals surface area contributed by atoms with Crippen LogP contribution >= 0.6 is 0 Å². The van der Waals surface area contributed by atoms with Crippen molar-refractivity contribution in [1.29, 1.82) is 0 Å². The van der Waals surface area contributed by atoms with Gasteiger partial charge in [-0.05, 0) is 25.3 Å². The van der Waals surface area contributed by atoms with E-state index in [1.165, 1.54) is 0 Å². The summed E-state index contributed by atoms with van der Waals surface area (Å²) in [5, 5.41) is 3.36. The Balaban J connectivity index is 1.87. The molecule has 0 aliphatic carbocycles. The number of carbonyl (C=O) groups excluding carboxylic acids is 1. The number of nitrogens with one attached hydrogen (secondary N) is 1. The Morgan fingerprint density at radius 3 is 2.70 bits per heavy atom. The maximum absolute atomic E-state index is 12.5. The van der Waals surface area contributed by atoms with Gasteiger partial charge in [-0.2, -0.15) is 0 Å². The highest BCUT2D eigenvalue weighted by atomic mass is 16.5. The van der Waals surface area contributed by atoms with Crippen molar-refractivity contribution in [3.05, 3.63) is 35.9 Å². The van der Waals surface area contributed by atoms with E-state index in [0.29, 0.717) is 0 Å². The molecule has 0 saturated carbocycles. The Morgan fingerprint density at radius 1 is 1.25 bits per heavy atom. The van der Waals surface area contributed by atoms with Gasteiger partial charge in [-0.25, -0.2) is 0 Å². The van der Waals surface area contributed by atoms with Crippen molar-refractivity contribution in [2.75, 3.05) is 19.8 Å². The third-order valence-corrected chi connectivity index (χ3v) is 3.57. The van der Waals surface area contributed by atoms with E-state index in [-0.39, 0.29) is 18.1 Å². The number of amides is 1. The van der Waals surface area contributed by atoms with Gasteiger partial charge < -0.3 is 9.64 Å². The van der Waals surface area contributed by atoms with Crippen molar-refractivity contribution in [1.82, 2.24) is 10.2 Å². The summed E-state index contributed by atoms with van der Waals surface area (Å²) in [6.07, 6.45) is 2.01. The molecule has 1 heterocycles. The van der Waals surface area contributed by atoms with Crippen LogP contribution in [0.4, 0.5) is 0 Å². The number of nitrogens with zero attached hydrogens (tertiary/aromatic N) is 1. The minimum absolute atomic E-state index is 0.0823. The van der Waals surface area contributed by atoms with Crippen LogP contribution in [0.15, 0.2) is 30.3 Å². The number of benzene rings is 1. The molecule has 1 aromatic carbocycles. The lowest BCUT2D eigenvalue weighted by Crippen LogP contribution is -2.35. The molecule has 1 fully saturated rings. The van der Waals surface area contributed by atoms with Crippen LogP contribution in [-0.4, -0.2) is 36.7 Å². The number of ether oxygens (including phenoxy) is 1. The van der Waals surface area contributed by atoms with Crippen LogP contribution in [0.3, 0.4) is 0 Å². The van der Waals surface area contributed by atoms with Crippen LogP contribution in [0.2, 0.25) is 0 Å². The third kappa shape index (κ3) is 3.58. The lowest BCUT2D eigenvalue weighted by Gasteiger charge is -2.20. The van der Waals surface area contributed by atoms with Gasteiger partial charge in [0.05, 0.1) is 6.17 Å². The number of hydrogen-bond donors (Lipinski definition) is 1. The fourth-order valence-corrected chi connectivity index (χ4v) is 2.53. The standard InChI is InChI=1S/C16H24N2O2/c1-3-11-20-12-7-10-18-13(2)17-15(16(18)19)14-8-5-4-6-9-14/h4-6,8-9,13,15,17H,3,7,10-12H2,1-2H3. The summed E-state index contributed by atoms with van der Waals surface area (Å²) < 4.78 is 5.47. The Bertz CT molecular complexity index is 422. The summed E-state index contributed by atoms with van der Waals surface area (Å²) in [6.45, 7) is 6.41. The zero-order chi connectivity index (χ0) is 14.4. The van der Waals surface area contributed by atoms with Gasteiger partial charge in [-0.1, -0.05) is 37.3 Å². The molecular weight excluding hydrogens is 252 g/mol. The van der Waals surface area contributed by atoms with Crippen molar-refractivity contribution in [3.8, 4) is 0 Å². The van der Waals surface area contributed by atoms with E-state index in [1.54, 1.807) is 0 Å². The molecule has 1 aromatic rings. The Labute approximate surface area is 121 Å². The second kappa shape index (κ2) is 7.41. The minimum Gasteiger partial charge on any atom is -0.381 e. The van der Waals surface area contributed by atoms with Crippen molar-refractivity contribution < 1.29 is 9.53 Å². The summed E-state index contributed by atoms with van der Waals surface area (Å²) in [5.41, 5.74) is 1.04. The fraction of sp³-hybridized carbons (Fsp3) is 0.562. The molecule has 2 atom stereocenters. The van der Waals surface area contributed by atoms with E-state index in [4.69, 9.17) is 4.74 Å². The third-order valence-electron chi connectivity index (χ3n) is 3.57. The first kappa shape index (κ1) is 15.0. The van der Waals surface area contributed by atoms with Gasteiger partial charge in [0, 0.05) is 19.8 Å². The molecule has 2 rings (SSSR count). The number of hydrogen-bond acceptors (Lipinski definition) is 3. The summed E-state index contributed by atoms with van der Waals surface area (Å²) in [6, 6.07) is 9.69. The predicted molar refractivity (Wildman–Crippen MR) is 79.2 cm³/mol. The van der Waals surface area contributed by atoms with Gasteiger partial charge in [0.2, 0.25) is 5.91 Å². The fourth-order valence-electron chi connectivity index (χ4n) is 2.53. The molecule has 0 aromatic heterocycles. The molecule has 1 aliphatic heterocycles. The van der Waals surface area contributed by atoms with Crippen LogP contribution in [0.1, 0.15) is 38.3 Å². The van der Waals surface area contributed by atoms with Crippen molar-refractivity contribution >= 4 is 5.91 Å². The second-order valence-electron chi connectivity index (χ2n) is 5.18. The highest BCUT2D eigenvalue weighted by Gasteiger charge is 2.36. The van der Waals surface area contributed by atoms with Crippen LogP contribution in [0, 0.1) is 0 Å². The van der Waals surface area contributed by atoms with Gasteiger partial charge in [-0.15, -0.1) is 0 Å². The molecule has 1 aliphatic rings. The molecule has 20 heavy (non-hydrogen) atoms. The van der Waals surface area contributed by atoms with Gasteiger partial charge in [-0.3, -0.25) is 10.1 Å². The monoisotopic (exact) mass is 276 g/mol. The maximum Gasteiger partial charge on any atom is 0.245 e. The molecule has 110 valence electrons. The van der Waals surface area contributed by atoms with Crippen LogP contribution in [0.25, 0.3) is 0 Å². The van der Waals surface area contributed by atoms with Crippen molar-refractivity contribution in [3.63, 3.8) is 0 Å². The topological polar surface area (TPSA) is 41.6 Å². The van der Waals surface area contributed by atoms with E-state index in [0.717, 1.165) is 38.2 Å². The second-order valence-corrected chi connectivity index (χ2v) is 5.18. The molecule has 4 nitrogen and oxygen atoms in total. The first-order valence-electron chi connectivity index (χ1n) is 7.43. The lowest BCUT2D eigenvalue weighted by molar-refractivity contribution is -0.130. The quantitative estimate of drug-likeness (QED) is 0.777. The minimum atomic E-state index is -0.206. The average molecular weight is 276 g/mol. The van der Waals surface area contributed by atoms with Crippen molar-refractivity contribution in [2.24, 2.45) is 0 Å². The first-order valence-corrected chi connectivity index (χ1v) is 7.43. The highest BCUT2D eigenvalue weighted by Crippen LogP contribution is 2.23. The van der Waals surface area contributed by atoms with E-state index < -0.39 is 0 Å².